The van der Waals surface area contributed by atoms with Gasteiger partial charge in [0.25, 0.3) is 0 Å². The number of rotatable bonds is 7. The molecule has 1 unspecified atom stereocenters. The van der Waals surface area contributed by atoms with Crippen molar-refractivity contribution in [2.75, 3.05) is 11.5 Å². The molecule has 0 nitrogen and oxygen atoms in total. The summed E-state index contributed by atoms with van der Waals surface area (Å²) in [7, 11) is 4.09. The largest absolute Gasteiger partial charge is 0.0941 e. The van der Waals surface area contributed by atoms with Gasteiger partial charge < -0.3 is 0 Å². The second-order valence-corrected chi connectivity index (χ2v) is 6.43. The highest BCUT2D eigenvalue weighted by Gasteiger charge is 1.99. The van der Waals surface area contributed by atoms with Gasteiger partial charge in [0.15, 0.2) is 0 Å². The first-order valence-corrected chi connectivity index (χ1v) is 7.40. The summed E-state index contributed by atoms with van der Waals surface area (Å²) in [6, 6.07) is 0. The van der Waals surface area contributed by atoms with Gasteiger partial charge in [0.05, 0.1) is 0 Å². The highest BCUT2D eigenvalue weighted by atomic mass is 33.1. The van der Waals surface area contributed by atoms with Crippen LogP contribution in [0.5, 0.6) is 0 Å². The molecule has 0 aromatic rings. The second-order valence-electron chi connectivity index (χ2n) is 3.80. The minimum atomic E-state index is 0.863. The highest BCUT2D eigenvalue weighted by Crippen LogP contribution is 2.26. The van der Waals surface area contributed by atoms with Gasteiger partial charge in [-0.25, -0.2) is 0 Å². The molecule has 0 saturated carbocycles. The third-order valence-corrected chi connectivity index (χ3v) is 4.59. The number of hydrogen-bond acceptors (Lipinski definition) is 2. The molecule has 0 radical (unpaired) electrons. The molecular formula is C10H22S2. The molecule has 12 heavy (non-hydrogen) atoms. The van der Waals surface area contributed by atoms with Crippen molar-refractivity contribution in [3.8, 4) is 0 Å². The summed E-state index contributed by atoms with van der Waals surface area (Å²) < 4.78 is 0. The van der Waals surface area contributed by atoms with Crippen LogP contribution in [0.2, 0.25) is 0 Å². The van der Waals surface area contributed by atoms with E-state index in [1.54, 1.807) is 0 Å². The number of hydrogen-bond donors (Lipinski definition) is 0. The molecular weight excluding hydrogens is 184 g/mol. The van der Waals surface area contributed by atoms with Gasteiger partial charge in [0.1, 0.15) is 0 Å². The van der Waals surface area contributed by atoms with Crippen molar-refractivity contribution in [1.29, 1.82) is 0 Å². The molecule has 0 N–H and O–H groups in total. The first-order chi connectivity index (χ1) is 5.66. The Morgan fingerprint density at radius 3 is 2.25 bits per heavy atom. The van der Waals surface area contributed by atoms with Gasteiger partial charge in [-0.1, -0.05) is 55.7 Å². The van der Waals surface area contributed by atoms with E-state index in [9.17, 15) is 0 Å². The van der Waals surface area contributed by atoms with Gasteiger partial charge >= 0.3 is 0 Å². The van der Waals surface area contributed by atoms with Crippen LogP contribution >= 0.6 is 21.6 Å². The van der Waals surface area contributed by atoms with E-state index in [2.05, 4.69) is 27.7 Å². The van der Waals surface area contributed by atoms with E-state index in [-0.39, 0.29) is 0 Å². The monoisotopic (exact) mass is 206 g/mol. The molecule has 74 valence electrons. The summed E-state index contributed by atoms with van der Waals surface area (Å²) in [4.78, 5) is 0. The zero-order chi connectivity index (χ0) is 9.40. The van der Waals surface area contributed by atoms with E-state index in [0.717, 1.165) is 11.8 Å². The molecule has 0 fully saturated rings. The fraction of sp³-hybridized carbons (Fsp3) is 1.00. The Labute approximate surface area is 85.7 Å². The minimum Gasteiger partial charge on any atom is -0.0941 e. The van der Waals surface area contributed by atoms with Crippen molar-refractivity contribution in [2.24, 2.45) is 11.8 Å². The van der Waals surface area contributed by atoms with E-state index < -0.39 is 0 Å². The maximum atomic E-state index is 2.33. The van der Waals surface area contributed by atoms with Crippen LogP contribution in [0, 0.1) is 11.8 Å². The standard InChI is InChI=1S/C10H22S2/c1-5-10(4)8-12-11-7-6-9(2)3/h9-10H,5-8H2,1-4H3. The van der Waals surface area contributed by atoms with Crippen molar-refractivity contribution in [3.05, 3.63) is 0 Å². The highest BCUT2D eigenvalue weighted by molar-refractivity contribution is 8.76. The average Bonchev–Trinajstić information content (AvgIpc) is 2.03. The van der Waals surface area contributed by atoms with Gasteiger partial charge in [-0.15, -0.1) is 0 Å². The van der Waals surface area contributed by atoms with Crippen molar-refractivity contribution >= 4 is 21.6 Å². The summed E-state index contributed by atoms with van der Waals surface area (Å²) in [5.41, 5.74) is 0. The van der Waals surface area contributed by atoms with Crippen molar-refractivity contribution < 1.29 is 0 Å². The maximum Gasteiger partial charge on any atom is 0.00625 e. The van der Waals surface area contributed by atoms with Gasteiger partial charge in [0, 0.05) is 11.5 Å². The van der Waals surface area contributed by atoms with Crippen molar-refractivity contribution in [1.82, 2.24) is 0 Å². The van der Waals surface area contributed by atoms with E-state index in [1.165, 1.54) is 24.3 Å². The van der Waals surface area contributed by atoms with Crippen LogP contribution in [0.4, 0.5) is 0 Å². The Bertz CT molecular complexity index is 91.8. The van der Waals surface area contributed by atoms with Crippen LogP contribution in [0.3, 0.4) is 0 Å². The van der Waals surface area contributed by atoms with Crippen LogP contribution in [-0.2, 0) is 0 Å². The Balaban J connectivity index is 3.00. The Kier molecular flexibility index (Phi) is 8.79. The fourth-order valence-electron chi connectivity index (χ4n) is 0.625. The SMILES string of the molecule is CCC(C)CSSCCC(C)C. The zero-order valence-electron chi connectivity index (χ0n) is 8.80. The lowest BCUT2D eigenvalue weighted by atomic mass is 10.2. The lowest BCUT2D eigenvalue weighted by Crippen LogP contribution is -1.94. The fourth-order valence-corrected chi connectivity index (χ4v) is 3.50. The van der Waals surface area contributed by atoms with E-state index >= 15 is 0 Å². The molecule has 0 aliphatic carbocycles. The molecule has 2 heteroatoms. The van der Waals surface area contributed by atoms with Gasteiger partial charge in [-0.2, -0.15) is 0 Å². The summed E-state index contributed by atoms with van der Waals surface area (Å²) in [5.74, 6) is 4.39. The summed E-state index contributed by atoms with van der Waals surface area (Å²) in [5, 5.41) is 0. The van der Waals surface area contributed by atoms with Gasteiger partial charge in [-0.05, 0) is 18.3 Å². The Hall–Kier alpha value is 0.700. The first kappa shape index (κ1) is 12.7. The predicted octanol–water partition coefficient (Wildman–Crippen LogP) is 4.46. The summed E-state index contributed by atoms with van der Waals surface area (Å²) in [6.45, 7) is 9.18. The van der Waals surface area contributed by atoms with Gasteiger partial charge in [-0.3, -0.25) is 0 Å². The van der Waals surface area contributed by atoms with E-state index in [4.69, 9.17) is 0 Å². The van der Waals surface area contributed by atoms with Crippen molar-refractivity contribution in [3.63, 3.8) is 0 Å². The lowest BCUT2D eigenvalue weighted by Gasteiger charge is -2.07. The van der Waals surface area contributed by atoms with Crippen LogP contribution in [-0.4, -0.2) is 11.5 Å². The topological polar surface area (TPSA) is 0 Å². The zero-order valence-corrected chi connectivity index (χ0v) is 10.4. The lowest BCUT2D eigenvalue weighted by molar-refractivity contribution is 0.632. The maximum absolute atomic E-state index is 2.33. The summed E-state index contributed by atoms with van der Waals surface area (Å²) in [6.07, 6.45) is 2.68. The third-order valence-electron chi connectivity index (χ3n) is 1.91. The minimum absolute atomic E-state index is 0.863. The molecule has 0 aliphatic heterocycles. The quantitative estimate of drug-likeness (QED) is 0.445. The second kappa shape index (κ2) is 8.31. The predicted molar refractivity (Wildman–Crippen MR) is 63.8 cm³/mol. The van der Waals surface area contributed by atoms with E-state index in [1.807, 2.05) is 21.6 Å². The van der Waals surface area contributed by atoms with Crippen LogP contribution in [0.15, 0.2) is 0 Å². The molecule has 0 spiro atoms. The van der Waals surface area contributed by atoms with Gasteiger partial charge in [0.2, 0.25) is 0 Å². The normalized spacial score (nSPS) is 13.8. The molecule has 0 aromatic carbocycles. The van der Waals surface area contributed by atoms with Crippen molar-refractivity contribution in [2.45, 2.75) is 40.5 Å². The van der Waals surface area contributed by atoms with Crippen LogP contribution in [0.25, 0.3) is 0 Å². The molecule has 0 saturated heterocycles. The summed E-state index contributed by atoms with van der Waals surface area (Å²) >= 11 is 0. The van der Waals surface area contributed by atoms with E-state index in [0.29, 0.717) is 0 Å². The third kappa shape index (κ3) is 8.79. The molecule has 0 bridgehead atoms. The average molecular weight is 206 g/mol. The smallest absolute Gasteiger partial charge is 0.00625 e. The molecule has 0 aliphatic rings. The molecule has 0 aromatic heterocycles. The molecule has 0 rings (SSSR count). The van der Waals surface area contributed by atoms with Crippen LogP contribution in [0.1, 0.15) is 40.5 Å². The molecule has 0 heterocycles. The Morgan fingerprint density at radius 1 is 1.08 bits per heavy atom. The van der Waals surface area contributed by atoms with Crippen LogP contribution < -0.4 is 0 Å². The molecule has 0 amide bonds. The Morgan fingerprint density at radius 2 is 1.75 bits per heavy atom. The molecule has 1 atom stereocenters. The first-order valence-electron chi connectivity index (χ1n) is 4.91.